The topological polar surface area (TPSA) is 47.6 Å². The Bertz CT molecular complexity index is 516. The quantitative estimate of drug-likeness (QED) is 0.842. The summed E-state index contributed by atoms with van der Waals surface area (Å²) in [5.74, 6) is -0.318. The highest BCUT2D eigenvalue weighted by molar-refractivity contribution is 9.10. The third kappa shape index (κ3) is 4.53. The number of hydrogen-bond acceptors (Lipinski definition) is 4. The summed E-state index contributed by atoms with van der Waals surface area (Å²) < 4.78 is 11.4. The van der Waals surface area contributed by atoms with Gasteiger partial charge >= 0.3 is 5.97 Å². The summed E-state index contributed by atoms with van der Waals surface area (Å²) in [6.45, 7) is 5.82. The molecule has 1 atom stereocenters. The average molecular weight is 356 g/mol. The molecule has 1 aliphatic heterocycles. The molecule has 0 radical (unpaired) electrons. The van der Waals surface area contributed by atoms with E-state index in [1.54, 1.807) is 12.1 Å². The monoisotopic (exact) mass is 355 g/mol. The minimum absolute atomic E-state index is 0.0537. The molecule has 1 unspecified atom stereocenters. The Hall–Kier alpha value is -0.910. The molecule has 116 valence electrons. The first-order chi connectivity index (χ1) is 9.91. The lowest BCUT2D eigenvalue weighted by molar-refractivity contribution is -0.0630. The van der Waals surface area contributed by atoms with Crippen LogP contribution in [0.4, 0.5) is 0 Å². The number of benzene rings is 1. The summed E-state index contributed by atoms with van der Waals surface area (Å²) in [5.41, 5.74) is 1.63. The van der Waals surface area contributed by atoms with Crippen LogP contribution in [-0.2, 0) is 16.0 Å². The molecular weight excluding hydrogens is 334 g/mol. The molecule has 0 saturated carbocycles. The van der Waals surface area contributed by atoms with Crippen LogP contribution >= 0.6 is 15.9 Å². The molecule has 1 saturated heterocycles. The number of carbonyl (C=O) groups excluding carboxylic acids is 1. The van der Waals surface area contributed by atoms with Crippen LogP contribution in [0.2, 0.25) is 0 Å². The SMILES string of the molecule is COC(=O)c1ccc(CNC2CCOC(C)(C)C2)c(Br)c1. The first kappa shape index (κ1) is 16.5. The van der Waals surface area contributed by atoms with E-state index in [0.717, 1.165) is 36.0 Å². The van der Waals surface area contributed by atoms with Crippen molar-refractivity contribution in [1.82, 2.24) is 5.32 Å². The van der Waals surface area contributed by atoms with Gasteiger partial charge in [-0.3, -0.25) is 0 Å². The molecule has 21 heavy (non-hydrogen) atoms. The molecule has 2 rings (SSSR count). The van der Waals surface area contributed by atoms with Crippen molar-refractivity contribution in [3.63, 3.8) is 0 Å². The van der Waals surface area contributed by atoms with Gasteiger partial charge in [0.05, 0.1) is 18.3 Å². The highest BCUT2D eigenvalue weighted by Crippen LogP contribution is 2.25. The van der Waals surface area contributed by atoms with Crippen LogP contribution in [0.5, 0.6) is 0 Å². The Labute approximate surface area is 134 Å². The number of hydrogen-bond donors (Lipinski definition) is 1. The van der Waals surface area contributed by atoms with Crippen molar-refractivity contribution >= 4 is 21.9 Å². The van der Waals surface area contributed by atoms with Crippen molar-refractivity contribution in [3.8, 4) is 0 Å². The predicted molar refractivity (Wildman–Crippen MR) is 85.4 cm³/mol. The van der Waals surface area contributed by atoms with E-state index >= 15 is 0 Å². The largest absolute Gasteiger partial charge is 0.465 e. The van der Waals surface area contributed by atoms with Gasteiger partial charge in [0.25, 0.3) is 0 Å². The number of halogens is 1. The number of rotatable bonds is 4. The van der Waals surface area contributed by atoms with Crippen LogP contribution in [0, 0.1) is 0 Å². The molecule has 4 nitrogen and oxygen atoms in total. The summed E-state index contributed by atoms with van der Waals surface area (Å²) in [4.78, 5) is 11.5. The van der Waals surface area contributed by atoms with Crippen molar-refractivity contribution in [3.05, 3.63) is 33.8 Å². The molecule has 0 aromatic heterocycles. The summed E-state index contributed by atoms with van der Waals surface area (Å²) in [6, 6.07) is 6.01. The summed E-state index contributed by atoms with van der Waals surface area (Å²) in [6.07, 6.45) is 2.03. The van der Waals surface area contributed by atoms with E-state index in [1.807, 2.05) is 6.07 Å². The molecule has 0 amide bonds. The van der Waals surface area contributed by atoms with Gasteiger partial charge in [-0.2, -0.15) is 0 Å². The maximum atomic E-state index is 11.5. The smallest absolute Gasteiger partial charge is 0.337 e. The molecule has 1 heterocycles. The molecule has 1 aliphatic rings. The van der Waals surface area contributed by atoms with E-state index in [4.69, 9.17) is 9.47 Å². The van der Waals surface area contributed by atoms with E-state index in [0.29, 0.717) is 11.6 Å². The molecule has 0 aliphatic carbocycles. The molecule has 1 aromatic carbocycles. The Kier molecular flexibility index (Phi) is 5.41. The molecule has 0 spiro atoms. The Balaban J connectivity index is 1.96. The number of methoxy groups -OCH3 is 1. The number of carbonyl (C=O) groups is 1. The number of esters is 1. The third-order valence-electron chi connectivity index (χ3n) is 3.75. The standard InChI is InChI=1S/C16H22BrNO3/c1-16(2)9-13(6-7-21-16)18-10-12-5-4-11(8-14(12)17)15(19)20-3/h4-5,8,13,18H,6-7,9-10H2,1-3H3. The van der Waals surface area contributed by atoms with Crippen LogP contribution in [0.25, 0.3) is 0 Å². The van der Waals surface area contributed by atoms with Gasteiger partial charge in [-0.25, -0.2) is 4.79 Å². The first-order valence-corrected chi connectivity index (χ1v) is 7.95. The lowest BCUT2D eigenvalue weighted by Gasteiger charge is -2.36. The predicted octanol–water partition coefficient (Wildman–Crippen LogP) is 3.28. The third-order valence-corrected chi connectivity index (χ3v) is 4.49. The van der Waals surface area contributed by atoms with Gasteiger partial charge in [-0.1, -0.05) is 22.0 Å². The normalized spacial score (nSPS) is 21.0. The summed E-state index contributed by atoms with van der Waals surface area (Å²) >= 11 is 3.52. The minimum atomic E-state index is -0.318. The minimum Gasteiger partial charge on any atom is -0.465 e. The fraction of sp³-hybridized carbons (Fsp3) is 0.562. The zero-order chi connectivity index (χ0) is 15.5. The Morgan fingerprint density at radius 1 is 1.52 bits per heavy atom. The molecule has 5 heteroatoms. The van der Waals surface area contributed by atoms with Crippen molar-refractivity contribution in [1.29, 1.82) is 0 Å². The van der Waals surface area contributed by atoms with Gasteiger partial charge < -0.3 is 14.8 Å². The van der Waals surface area contributed by atoms with E-state index in [9.17, 15) is 4.79 Å². The molecule has 0 bridgehead atoms. The Morgan fingerprint density at radius 3 is 2.90 bits per heavy atom. The summed E-state index contributed by atoms with van der Waals surface area (Å²) in [5, 5.41) is 3.57. The van der Waals surface area contributed by atoms with Gasteiger partial charge in [-0.15, -0.1) is 0 Å². The fourth-order valence-electron chi connectivity index (χ4n) is 2.60. The Morgan fingerprint density at radius 2 is 2.29 bits per heavy atom. The van der Waals surface area contributed by atoms with E-state index in [-0.39, 0.29) is 11.6 Å². The second kappa shape index (κ2) is 6.90. The van der Waals surface area contributed by atoms with Gasteiger partial charge in [0.1, 0.15) is 0 Å². The van der Waals surface area contributed by atoms with Gasteiger partial charge in [-0.05, 0) is 44.4 Å². The molecule has 1 fully saturated rings. The summed E-state index contributed by atoms with van der Waals surface area (Å²) in [7, 11) is 1.39. The molecular formula is C16H22BrNO3. The van der Waals surface area contributed by atoms with Gasteiger partial charge in [0.2, 0.25) is 0 Å². The van der Waals surface area contributed by atoms with Crippen LogP contribution in [0.15, 0.2) is 22.7 Å². The van der Waals surface area contributed by atoms with Crippen molar-refractivity contribution in [2.24, 2.45) is 0 Å². The molecule has 1 N–H and O–H groups in total. The van der Waals surface area contributed by atoms with Gasteiger partial charge in [0.15, 0.2) is 0 Å². The van der Waals surface area contributed by atoms with Crippen molar-refractivity contribution in [2.45, 2.75) is 44.9 Å². The highest BCUT2D eigenvalue weighted by Gasteiger charge is 2.28. The number of nitrogens with one attached hydrogen (secondary N) is 1. The number of ether oxygens (including phenoxy) is 2. The second-order valence-corrected chi connectivity index (χ2v) is 6.83. The maximum absolute atomic E-state index is 11.5. The van der Waals surface area contributed by atoms with Crippen molar-refractivity contribution < 1.29 is 14.3 Å². The van der Waals surface area contributed by atoms with E-state index < -0.39 is 0 Å². The van der Waals surface area contributed by atoms with Crippen LogP contribution in [0.3, 0.4) is 0 Å². The van der Waals surface area contributed by atoms with Crippen LogP contribution < -0.4 is 5.32 Å². The van der Waals surface area contributed by atoms with E-state index in [2.05, 4.69) is 35.1 Å². The maximum Gasteiger partial charge on any atom is 0.337 e. The first-order valence-electron chi connectivity index (χ1n) is 7.15. The molecule has 1 aromatic rings. The average Bonchev–Trinajstić information content (AvgIpc) is 2.44. The highest BCUT2D eigenvalue weighted by atomic mass is 79.9. The van der Waals surface area contributed by atoms with Crippen molar-refractivity contribution in [2.75, 3.05) is 13.7 Å². The van der Waals surface area contributed by atoms with Crippen LogP contribution in [0.1, 0.15) is 42.6 Å². The zero-order valence-electron chi connectivity index (χ0n) is 12.7. The zero-order valence-corrected chi connectivity index (χ0v) is 14.3. The second-order valence-electron chi connectivity index (χ2n) is 5.98. The van der Waals surface area contributed by atoms with E-state index in [1.165, 1.54) is 7.11 Å². The van der Waals surface area contributed by atoms with Gasteiger partial charge in [0, 0.05) is 23.7 Å². The lowest BCUT2D eigenvalue weighted by atomic mass is 9.94. The van der Waals surface area contributed by atoms with Crippen LogP contribution in [-0.4, -0.2) is 31.3 Å². The fourth-order valence-corrected chi connectivity index (χ4v) is 3.11. The lowest BCUT2D eigenvalue weighted by Crippen LogP contribution is -2.43.